The van der Waals surface area contributed by atoms with Crippen LogP contribution in [0.25, 0.3) is 0 Å². The number of ether oxygens (including phenoxy) is 5. The monoisotopic (exact) mass is 472 g/mol. The number of aliphatic hydroxyl groups excluding tert-OH is 9. The quantitative estimate of drug-likeness (QED) is 0.176. The number of rotatable bonds is 6. The molecule has 0 spiro atoms. The van der Waals surface area contributed by atoms with Crippen LogP contribution in [0.4, 0.5) is 0 Å². The van der Waals surface area contributed by atoms with Crippen molar-refractivity contribution in [2.45, 2.75) is 99.4 Å². The molecule has 0 radical (unpaired) electrons. The molecule has 14 nitrogen and oxygen atoms in total. The molecule has 1 unspecified atom stereocenters. The van der Waals surface area contributed by atoms with Crippen LogP contribution in [-0.2, 0) is 23.7 Å². The Balaban J connectivity index is 1.79. The molecule has 0 aromatic heterocycles. The van der Waals surface area contributed by atoms with E-state index in [2.05, 4.69) is 0 Å². The molecule has 3 saturated heterocycles. The predicted octanol–water partition coefficient (Wildman–Crippen LogP) is -5.52. The highest BCUT2D eigenvalue weighted by Gasteiger charge is 2.52. The van der Waals surface area contributed by atoms with Gasteiger partial charge < -0.3 is 69.6 Å². The van der Waals surface area contributed by atoms with Crippen LogP contribution in [0.5, 0.6) is 0 Å². The van der Waals surface area contributed by atoms with Gasteiger partial charge >= 0.3 is 0 Å². The Morgan fingerprint density at radius 3 is 1.88 bits per heavy atom. The lowest BCUT2D eigenvalue weighted by molar-refractivity contribution is -0.382. The molecule has 32 heavy (non-hydrogen) atoms. The molecule has 0 aromatic rings. The Labute approximate surface area is 183 Å². The molecule has 0 aliphatic carbocycles. The first-order valence-electron chi connectivity index (χ1n) is 10.3. The Hall–Kier alpha value is -0.560. The largest absolute Gasteiger partial charge is 0.394 e. The zero-order valence-electron chi connectivity index (χ0n) is 17.3. The van der Waals surface area contributed by atoms with Crippen molar-refractivity contribution in [3.63, 3.8) is 0 Å². The minimum atomic E-state index is -1.82. The first-order valence-corrected chi connectivity index (χ1v) is 10.3. The smallest absolute Gasteiger partial charge is 0.187 e. The second kappa shape index (κ2) is 10.8. The summed E-state index contributed by atoms with van der Waals surface area (Å²) in [5.74, 6) is 0. The summed E-state index contributed by atoms with van der Waals surface area (Å²) < 4.78 is 27.0. The van der Waals surface area contributed by atoms with Crippen LogP contribution in [0, 0.1) is 0 Å². The average Bonchev–Trinajstić information content (AvgIpc) is 2.76. The van der Waals surface area contributed by atoms with E-state index in [1.807, 2.05) is 0 Å². The minimum absolute atomic E-state index is 0.0879. The fourth-order valence-electron chi connectivity index (χ4n) is 3.91. The van der Waals surface area contributed by atoms with E-state index < -0.39 is 99.2 Å². The van der Waals surface area contributed by atoms with Crippen LogP contribution in [0.1, 0.15) is 13.3 Å². The van der Waals surface area contributed by atoms with Gasteiger partial charge in [0.2, 0.25) is 0 Å². The molecule has 0 saturated carbocycles. The third-order valence-electron chi connectivity index (χ3n) is 5.94. The third kappa shape index (κ3) is 5.24. The molecule has 0 amide bonds. The molecule has 14 heteroatoms. The fraction of sp³-hybridized carbons (Fsp3) is 1.00. The number of hydrogen-bond acceptors (Lipinski definition) is 14. The Morgan fingerprint density at radius 1 is 0.656 bits per heavy atom. The lowest BCUT2D eigenvalue weighted by Crippen LogP contribution is -2.65. The van der Waals surface area contributed by atoms with Crippen LogP contribution < -0.4 is 0 Å². The fourth-order valence-corrected chi connectivity index (χ4v) is 3.91. The molecule has 188 valence electrons. The van der Waals surface area contributed by atoms with Gasteiger partial charge in [0, 0.05) is 6.42 Å². The van der Waals surface area contributed by atoms with Gasteiger partial charge in [-0.25, -0.2) is 0 Å². The van der Waals surface area contributed by atoms with Gasteiger partial charge in [0.25, 0.3) is 0 Å². The molecule has 3 heterocycles. The summed E-state index contributed by atoms with van der Waals surface area (Å²) in [6, 6.07) is 0. The third-order valence-corrected chi connectivity index (χ3v) is 5.94. The van der Waals surface area contributed by atoms with Gasteiger partial charge in [0.1, 0.15) is 54.9 Å². The zero-order valence-corrected chi connectivity index (χ0v) is 17.3. The first kappa shape index (κ1) is 26.1. The first-order chi connectivity index (χ1) is 15.1. The Bertz CT molecular complexity index is 594. The lowest BCUT2D eigenvalue weighted by atomic mass is 9.96. The maximum atomic E-state index is 10.6. The van der Waals surface area contributed by atoms with Gasteiger partial charge in [-0.15, -0.1) is 0 Å². The highest BCUT2D eigenvalue weighted by atomic mass is 16.8. The number of aliphatic hydroxyl groups is 9. The van der Waals surface area contributed by atoms with E-state index in [1.54, 1.807) is 6.92 Å². The maximum absolute atomic E-state index is 10.6. The summed E-state index contributed by atoms with van der Waals surface area (Å²) in [4.78, 5) is 0. The van der Waals surface area contributed by atoms with E-state index in [1.165, 1.54) is 0 Å². The van der Waals surface area contributed by atoms with Crippen molar-refractivity contribution in [3.8, 4) is 0 Å². The molecule has 14 atom stereocenters. The van der Waals surface area contributed by atoms with Gasteiger partial charge in [0.15, 0.2) is 18.9 Å². The van der Waals surface area contributed by atoms with Crippen molar-refractivity contribution in [3.05, 3.63) is 0 Å². The summed E-state index contributed by atoms with van der Waals surface area (Å²) in [5, 5.41) is 89.9. The van der Waals surface area contributed by atoms with Gasteiger partial charge in [-0.05, 0) is 6.92 Å². The van der Waals surface area contributed by atoms with Crippen molar-refractivity contribution in [2.24, 2.45) is 0 Å². The van der Waals surface area contributed by atoms with Gasteiger partial charge in [-0.3, -0.25) is 0 Å². The van der Waals surface area contributed by atoms with Crippen LogP contribution >= 0.6 is 0 Å². The SMILES string of the molecule is C[C@H]1O[C@H](O[C@H]2[C@H](O)[C@@H](CO)OC(O)[C@H]2O[C@H]2O[C@H](CO)[C@H](O)[C@H](O)[C@H]2O)[C@@H](O)C[C@@H]1O. The van der Waals surface area contributed by atoms with E-state index in [0.717, 1.165) is 0 Å². The van der Waals surface area contributed by atoms with Crippen molar-refractivity contribution in [1.29, 1.82) is 0 Å². The van der Waals surface area contributed by atoms with E-state index in [9.17, 15) is 46.0 Å². The minimum Gasteiger partial charge on any atom is -0.394 e. The number of hydrogen-bond donors (Lipinski definition) is 9. The highest BCUT2D eigenvalue weighted by molar-refractivity contribution is 4.95. The summed E-state index contributed by atoms with van der Waals surface area (Å²) in [5.41, 5.74) is 0. The normalized spacial score (nSPS) is 52.7. The Kier molecular flexibility index (Phi) is 8.79. The van der Waals surface area contributed by atoms with Crippen molar-refractivity contribution < 1.29 is 69.6 Å². The summed E-state index contributed by atoms with van der Waals surface area (Å²) >= 11 is 0. The van der Waals surface area contributed by atoms with Crippen LogP contribution in [0.15, 0.2) is 0 Å². The van der Waals surface area contributed by atoms with Crippen LogP contribution in [0.3, 0.4) is 0 Å². The van der Waals surface area contributed by atoms with Crippen molar-refractivity contribution in [2.75, 3.05) is 13.2 Å². The topological polar surface area (TPSA) is 228 Å². The molecule has 3 fully saturated rings. The van der Waals surface area contributed by atoms with Gasteiger partial charge in [-0.2, -0.15) is 0 Å². The lowest BCUT2D eigenvalue weighted by Gasteiger charge is -2.47. The molecular formula is C18H32O14. The maximum Gasteiger partial charge on any atom is 0.187 e. The second-order valence-corrected chi connectivity index (χ2v) is 8.22. The van der Waals surface area contributed by atoms with Crippen LogP contribution in [0.2, 0.25) is 0 Å². The standard InChI is InChI=1S/C18H32O14/c1-5-6(21)2-7(22)17(28-5)31-14-11(24)9(4-20)29-16(27)15(14)32-18-13(26)12(25)10(23)8(3-19)30-18/h5-27H,2-4H2,1H3/t5-,6+,7+,8-,9-,10+,11-,12+,13-,14+,15+,16?,17-,18-/m1/s1. The molecule has 3 aliphatic heterocycles. The summed E-state index contributed by atoms with van der Waals surface area (Å²) in [6.07, 6.45) is -20.4. The van der Waals surface area contributed by atoms with E-state index >= 15 is 0 Å². The van der Waals surface area contributed by atoms with Gasteiger partial charge in [-0.1, -0.05) is 0 Å². The van der Waals surface area contributed by atoms with Crippen molar-refractivity contribution >= 4 is 0 Å². The van der Waals surface area contributed by atoms with Crippen LogP contribution in [-0.4, -0.2) is 145 Å². The molecule has 9 N–H and O–H groups in total. The van der Waals surface area contributed by atoms with E-state index in [0.29, 0.717) is 0 Å². The van der Waals surface area contributed by atoms with Crippen molar-refractivity contribution in [1.82, 2.24) is 0 Å². The van der Waals surface area contributed by atoms with E-state index in [4.69, 9.17) is 23.7 Å². The Morgan fingerprint density at radius 2 is 1.25 bits per heavy atom. The predicted molar refractivity (Wildman–Crippen MR) is 98.5 cm³/mol. The summed E-state index contributed by atoms with van der Waals surface area (Å²) in [6.45, 7) is 0.126. The second-order valence-electron chi connectivity index (χ2n) is 8.22. The zero-order chi connectivity index (χ0) is 23.7. The van der Waals surface area contributed by atoms with E-state index in [-0.39, 0.29) is 6.42 Å². The molecule has 0 aromatic carbocycles. The van der Waals surface area contributed by atoms with Gasteiger partial charge in [0.05, 0.1) is 25.4 Å². The molecule has 3 rings (SSSR count). The summed E-state index contributed by atoms with van der Waals surface area (Å²) in [7, 11) is 0. The molecule has 3 aliphatic rings. The molecule has 0 bridgehead atoms. The highest BCUT2D eigenvalue weighted by Crippen LogP contribution is 2.32. The average molecular weight is 472 g/mol. The molecular weight excluding hydrogens is 440 g/mol.